The van der Waals surface area contributed by atoms with E-state index in [1.54, 1.807) is 0 Å². The Labute approximate surface area is 102 Å². The lowest BCUT2D eigenvalue weighted by molar-refractivity contribution is 0.0769. The maximum absolute atomic E-state index is 10.6. The first-order chi connectivity index (χ1) is 7.63. The van der Waals surface area contributed by atoms with Crippen molar-refractivity contribution in [3.63, 3.8) is 0 Å². The van der Waals surface area contributed by atoms with Gasteiger partial charge in [-0.3, -0.25) is 4.79 Å². The van der Waals surface area contributed by atoms with E-state index >= 15 is 0 Å². The van der Waals surface area contributed by atoms with Crippen LogP contribution in [0.2, 0.25) is 0 Å². The quantitative estimate of drug-likeness (QED) is 0.664. The first kappa shape index (κ1) is 13.2. The second-order valence-corrected chi connectivity index (χ2v) is 5.36. The Morgan fingerprint density at radius 3 is 2.69 bits per heavy atom. The molecule has 0 aromatic carbocycles. The summed E-state index contributed by atoms with van der Waals surface area (Å²) in [4.78, 5) is 11.3. The maximum atomic E-state index is 10.6. The van der Waals surface area contributed by atoms with Crippen molar-refractivity contribution < 1.29 is 9.53 Å². The van der Waals surface area contributed by atoms with Gasteiger partial charge in [0.2, 0.25) is 0 Å². The normalized spacial score (nSPS) is 14.4. The maximum Gasteiger partial charge on any atom is 0.175 e. The number of thiophene rings is 1. The highest BCUT2D eigenvalue weighted by atomic mass is 32.1. The predicted octanol–water partition coefficient (Wildman–Crippen LogP) is 4.30. The molecule has 0 N–H and O–H groups in total. The van der Waals surface area contributed by atoms with E-state index in [0.29, 0.717) is 0 Å². The molecule has 3 heteroatoms. The molecule has 90 valence electrons. The van der Waals surface area contributed by atoms with Crippen LogP contribution in [0.4, 0.5) is 0 Å². The van der Waals surface area contributed by atoms with Crippen molar-refractivity contribution in [2.45, 2.75) is 52.1 Å². The van der Waals surface area contributed by atoms with Crippen LogP contribution in [0, 0.1) is 0 Å². The highest BCUT2D eigenvalue weighted by Crippen LogP contribution is 2.31. The number of hydrogen-bond acceptors (Lipinski definition) is 3. The van der Waals surface area contributed by atoms with Crippen molar-refractivity contribution in [1.29, 1.82) is 0 Å². The summed E-state index contributed by atoms with van der Waals surface area (Å²) in [5.41, 5.74) is -0.0962. The van der Waals surface area contributed by atoms with Crippen molar-refractivity contribution >= 4 is 17.6 Å². The Morgan fingerprint density at radius 1 is 1.44 bits per heavy atom. The topological polar surface area (TPSA) is 26.3 Å². The molecule has 1 rings (SSSR count). The summed E-state index contributed by atoms with van der Waals surface area (Å²) in [6.45, 7) is 6.47. The first-order valence-corrected chi connectivity index (χ1v) is 6.69. The van der Waals surface area contributed by atoms with Crippen LogP contribution in [0.1, 0.15) is 56.1 Å². The highest BCUT2D eigenvalue weighted by molar-refractivity contribution is 7.15. The van der Waals surface area contributed by atoms with Gasteiger partial charge in [-0.05, 0) is 38.3 Å². The van der Waals surface area contributed by atoms with Gasteiger partial charge in [-0.2, -0.15) is 0 Å². The van der Waals surface area contributed by atoms with E-state index in [1.165, 1.54) is 24.2 Å². The monoisotopic (exact) mass is 240 g/mol. The van der Waals surface area contributed by atoms with Gasteiger partial charge >= 0.3 is 0 Å². The molecule has 2 nitrogen and oxygen atoms in total. The van der Waals surface area contributed by atoms with Gasteiger partial charge in [-0.1, -0.05) is 31.6 Å². The third kappa shape index (κ3) is 3.63. The minimum Gasteiger partial charge on any atom is -0.478 e. The van der Waals surface area contributed by atoms with Gasteiger partial charge in [-0.15, -0.1) is 0 Å². The average Bonchev–Trinajstić information content (AvgIpc) is 2.74. The fourth-order valence-corrected chi connectivity index (χ4v) is 2.34. The van der Waals surface area contributed by atoms with Gasteiger partial charge < -0.3 is 4.74 Å². The predicted molar refractivity (Wildman–Crippen MR) is 68.6 cm³/mol. The van der Waals surface area contributed by atoms with Crippen LogP contribution in [0.15, 0.2) is 12.1 Å². The van der Waals surface area contributed by atoms with E-state index in [4.69, 9.17) is 4.74 Å². The molecule has 1 atom stereocenters. The van der Waals surface area contributed by atoms with E-state index in [1.807, 2.05) is 12.1 Å². The van der Waals surface area contributed by atoms with E-state index in [9.17, 15) is 4.79 Å². The molecule has 0 radical (unpaired) electrons. The molecule has 0 fully saturated rings. The van der Waals surface area contributed by atoms with Crippen LogP contribution in [-0.4, -0.2) is 11.9 Å². The van der Waals surface area contributed by atoms with Crippen LogP contribution in [-0.2, 0) is 0 Å². The number of carbonyl (C=O) groups excluding carboxylic acids is 1. The zero-order valence-corrected chi connectivity index (χ0v) is 11.1. The third-order valence-electron chi connectivity index (χ3n) is 2.87. The van der Waals surface area contributed by atoms with Gasteiger partial charge in [0.25, 0.3) is 0 Å². The van der Waals surface area contributed by atoms with Gasteiger partial charge in [0.05, 0.1) is 4.88 Å². The highest BCUT2D eigenvalue weighted by Gasteiger charge is 2.24. The van der Waals surface area contributed by atoms with Gasteiger partial charge in [-0.25, -0.2) is 0 Å². The van der Waals surface area contributed by atoms with Crippen molar-refractivity contribution in [3.05, 3.63) is 17.0 Å². The van der Waals surface area contributed by atoms with E-state index in [0.717, 1.165) is 29.1 Å². The van der Waals surface area contributed by atoms with E-state index in [2.05, 4.69) is 20.8 Å². The van der Waals surface area contributed by atoms with Crippen molar-refractivity contribution in [2.24, 2.45) is 0 Å². The molecule has 1 heterocycles. The largest absolute Gasteiger partial charge is 0.478 e. The molecule has 16 heavy (non-hydrogen) atoms. The zero-order chi connectivity index (χ0) is 12.0. The summed E-state index contributed by atoms with van der Waals surface area (Å²) in [6, 6.07) is 3.69. The SMILES string of the molecule is CCCCC(C)(CC)Oc1ccc(C=O)s1. The molecule has 0 bridgehead atoms. The first-order valence-electron chi connectivity index (χ1n) is 5.87. The third-order valence-corrected chi connectivity index (χ3v) is 3.76. The number of ether oxygens (including phenoxy) is 1. The second-order valence-electron chi connectivity index (χ2n) is 4.28. The summed E-state index contributed by atoms with van der Waals surface area (Å²) < 4.78 is 6.00. The van der Waals surface area contributed by atoms with Crippen LogP contribution < -0.4 is 4.74 Å². The standard InChI is InChI=1S/C13H20O2S/c1-4-6-9-13(3,5-2)15-12-8-7-11(10-14)16-12/h7-8,10H,4-6,9H2,1-3H3. The Bertz CT molecular complexity index is 332. The fourth-order valence-electron chi connectivity index (χ4n) is 1.55. The lowest BCUT2D eigenvalue weighted by atomic mass is 9.96. The Kier molecular flexibility index (Phi) is 5.00. The summed E-state index contributed by atoms with van der Waals surface area (Å²) in [7, 11) is 0. The Hall–Kier alpha value is -0.830. The van der Waals surface area contributed by atoms with Crippen molar-refractivity contribution in [3.8, 4) is 5.06 Å². The number of aldehydes is 1. The molecular weight excluding hydrogens is 220 g/mol. The lowest BCUT2D eigenvalue weighted by Gasteiger charge is -2.28. The molecule has 0 saturated carbocycles. The van der Waals surface area contributed by atoms with Crippen molar-refractivity contribution in [2.75, 3.05) is 0 Å². The minimum absolute atomic E-state index is 0.0962. The molecule has 1 unspecified atom stereocenters. The molecule has 1 aromatic heterocycles. The van der Waals surface area contributed by atoms with Crippen molar-refractivity contribution in [1.82, 2.24) is 0 Å². The molecule has 0 spiro atoms. The van der Waals surface area contributed by atoms with Gasteiger partial charge in [0.15, 0.2) is 11.3 Å². The number of carbonyl (C=O) groups is 1. The minimum atomic E-state index is -0.0962. The average molecular weight is 240 g/mol. The van der Waals surface area contributed by atoms with E-state index < -0.39 is 0 Å². The number of hydrogen-bond donors (Lipinski definition) is 0. The molecular formula is C13H20O2S. The second kappa shape index (κ2) is 6.04. The van der Waals surface area contributed by atoms with Crippen LogP contribution in [0.5, 0.6) is 5.06 Å². The van der Waals surface area contributed by atoms with Crippen LogP contribution >= 0.6 is 11.3 Å². The molecule has 0 aliphatic carbocycles. The summed E-state index contributed by atoms with van der Waals surface area (Å²) in [5, 5.41) is 0.850. The number of unbranched alkanes of at least 4 members (excludes halogenated alkanes) is 1. The molecule has 0 amide bonds. The summed E-state index contributed by atoms with van der Waals surface area (Å²) >= 11 is 1.42. The zero-order valence-electron chi connectivity index (χ0n) is 10.3. The smallest absolute Gasteiger partial charge is 0.175 e. The molecule has 0 aliphatic heterocycles. The molecule has 0 aliphatic rings. The molecule has 0 saturated heterocycles. The Balaban J connectivity index is 2.64. The summed E-state index contributed by atoms with van der Waals surface area (Å²) in [6.07, 6.45) is 5.28. The Morgan fingerprint density at radius 2 is 2.19 bits per heavy atom. The lowest BCUT2D eigenvalue weighted by Crippen LogP contribution is -2.30. The number of rotatable bonds is 7. The van der Waals surface area contributed by atoms with Crippen LogP contribution in [0.3, 0.4) is 0 Å². The van der Waals surface area contributed by atoms with Crippen LogP contribution in [0.25, 0.3) is 0 Å². The molecule has 1 aromatic rings. The fraction of sp³-hybridized carbons (Fsp3) is 0.615. The summed E-state index contributed by atoms with van der Waals surface area (Å²) in [5.74, 6) is 0. The van der Waals surface area contributed by atoms with Gasteiger partial charge in [0.1, 0.15) is 5.60 Å². The van der Waals surface area contributed by atoms with E-state index in [-0.39, 0.29) is 5.60 Å². The van der Waals surface area contributed by atoms with Gasteiger partial charge in [0, 0.05) is 0 Å².